The molecule has 7 heteroatoms. The SMILES string of the molecule is CCCS(=O)(=O)Nc1ccc(NC(=O)C2(O)CCC2)cc1. The van der Waals surface area contributed by atoms with Crippen LogP contribution in [0.2, 0.25) is 0 Å². The Morgan fingerprint density at radius 2 is 1.81 bits per heavy atom. The van der Waals surface area contributed by atoms with Crippen LogP contribution >= 0.6 is 0 Å². The molecule has 0 atom stereocenters. The third-order valence-corrected chi connectivity index (χ3v) is 4.98. The highest BCUT2D eigenvalue weighted by atomic mass is 32.2. The molecule has 0 aromatic heterocycles. The van der Waals surface area contributed by atoms with E-state index < -0.39 is 21.5 Å². The summed E-state index contributed by atoms with van der Waals surface area (Å²) >= 11 is 0. The number of hydrogen-bond donors (Lipinski definition) is 3. The standard InChI is InChI=1S/C14H20N2O4S/c1-2-10-21(19,20)16-12-6-4-11(5-7-12)15-13(17)14(18)8-3-9-14/h4-7,16,18H,2-3,8-10H2,1H3,(H,15,17). The fourth-order valence-electron chi connectivity index (χ4n) is 2.11. The summed E-state index contributed by atoms with van der Waals surface area (Å²) in [5.41, 5.74) is -0.274. The molecular formula is C14H20N2O4S. The van der Waals surface area contributed by atoms with Crippen molar-refractivity contribution < 1.29 is 18.3 Å². The van der Waals surface area contributed by atoms with E-state index in [1.54, 1.807) is 31.2 Å². The third-order valence-electron chi connectivity index (χ3n) is 3.49. The third kappa shape index (κ3) is 3.95. The van der Waals surface area contributed by atoms with Gasteiger partial charge in [0.25, 0.3) is 5.91 Å². The van der Waals surface area contributed by atoms with Gasteiger partial charge in [0.05, 0.1) is 5.75 Å². The molecule has 1 saturated carbocycles. The maximum absolute atomic E-state index is 11.8. The first kappa shape index (κ1) is 15.8. The highest BCUT2D eigenvalue weighted by Crippen LogP contribution is 2.32. The lowest BCUT2D eigenvalue weighted by Gasteiger charge is -2.34. The van der Waals surface area contributed by atoms with Crippen molar-refractivity contribution in [3.8, 4) is 0 Å². The van der Waals surface area contributed by atoms with Crippen molar-refractivity contribution in [2.75, 3.05) is 15.8 Å². The number of rotatable bonds is 6. The number of aliphatic hydroxyl groups is 1. The van der Waals surface area contributed by atoms with Crippen LogP contribution in [0.3, 0.4) is 0 Å². The minimum Gasteiger partial charge on any atom is -0.380 e. The molecule has 0 bridgehead atoms. The van der Waals surface area contributed by atoms with Crippen molar-refractivity contribution in [1.82, 2.24) is 0 Å². The largest absolute Gasteiger partial charge is 0.380 e. The molecule has 116 valence electrons. The molecule has 1 amide bonds. The van der Waals surface area contributed by atoms with Crippen LogP contribution in [0.1, 0.15) is 32.6 Å². The highest BCUT2D eigenvalue weighted by molar-refractivity contribution is 7.92. The summed E-state index contributed by atoms with van der Waals surface area (Å²) in [5, 5.41) is 12.5. The molecule has 0 radical (unpaired) electrons. The summed E-state index contributed by atoms with van der Waals surface area (Å²) in [7, 11) is -3.32. The molecule has 0 heterocycles. The Kier molecular flexibility index (Phi) is 4.53. The van der Waals surface area contributed by atoms with E-state index in [0.29, 0.717) is 30.6 Å². The molecule has 1 aliphatic rings. The van der Waals surface area contributed by atoms with Crippen molar-refractivity contribution in [2.24, 2.45) is 0 Å². The molecule has 0 saturated heterocycles. The molecule has 1 aromatic rings. The van der Waals surface area contributed by atoms with E-state index in [0.717, 1.165) is 6.42 Å². The molecule has 6 nitrogen and oxygen atoms in total. The molecule has 1 fully saturated rings. The number of anilines is 2. The Bertz CT molecular complexity index is 606. The van der Waals surface area contributed by atoms with E-state index in [1.807, 2.05) is 0 Å². The van der Waals surface area contributed by atoms with Crippen molar-refractivity contribution in [3.63, 3.8) is 0 Å². The van der Waals surface area contributed by atoms with Gasteiger partial charge in [-0.15, -0.1) is 0 Å². The molecule has 0 spiro atoms. The van der Waals surface area contributed by atoms with Crippen LogP contribution in [-0.2, 0) is 14.8 Å². The Morgan fingerprint density at radius 3 is 2.29 bits per heavy atom. The molecule has 3 N–H and O–H groups in total. The smallest absolute Gasteiger partial charge is 0.256 e. The van der Waals surface area contributed by atoms with E-state index in [1.165, 1.54) is 0 Å². The van der Waals surface area contributed by atoms with E-state index in [9.17, 15) is 18.3 Å². The van der Waals surface area contributed by atoms with Crippen molar-refractivity contribution >= 4 is 27.3 Å². The van der Waals surface area contributed by atoms with E-state index in [2.05, 4.69) is 10.0 Å². The first-order valence-corrected chi connectivity index (χ1v) is 8.64. The maximum Gasteiger partial charge on any atom is 0.256 e. The van der Waals surface area contributed by atoms with Gasteiger partial charge in [-0.25, -0.2) is 8.42 Å². The van der Waals surface area contributed by atoms with Gasteiger partial charge < -0.3 is 10.4 Å². The quantitative estimate of drug-likeness (QED) is 0.745. The predicted molar refractivity (Wildman–Crippen MR) is 81.6 cm³/mol. The number of carbonyl (C=O) groups is 1. The van der Waals surface area contributed by atoms with Crippen LogP contribution in [0.4, 0.5) is 11.4 Å². The van der Waals surface area contributed by atoms with Gasteiger partial charge in [0, 0.05) is 11.4 Å². The van der Waals surface area contributed by atoms with Crippen LogP contribution in [0.5, 0.6) is 0 Å². The van der Waals surface area contributed by atoms with E-state index in [4.69, 9.17) is 0 Å². The lowest BCUT2D eigenvalue weighted by atomic mass is 9.79. The Labute approximate surface area is 124 Å². The number of carbonyl (C=O) groups excluding carboxylic acids is 1. The van der Waals surface area contributed by atoms with Gasteiger partial charge in [-0.1, -0.05) is 6.92 Å². The van der Waals surface area contributed by atoms with E-state index in [-0.39, 0.29) is 5.75 Å². The fraction of sp³-hybridized carbons (Fsp3) is 0.500. The lowest BCUT2D eigenvalue weighted by molar-refractivity contribution is -0.142. The minimum absolute atomic E-state index is 0.0680. The Hall–Kier alpha value is -1.60. The predicted octanol–water partition coefficient (Wildman–Crippen LogP) is 1.69. The summed E-state index contributed by atoms with van der Waals surface area (Å²) in [4.78, 5) is 11.8. The first-order chi connectivity index (χ1) is 9.85. The van der Waals surface area contributed by atoms with Gasteiger partial charge in [-0.3, -0.25) is 9.52 Å². The zero-order valence-corrected chi connectivity index (χ0v) is 12.7. The molecule has 0 unspecified atom stereocenters. The summed E-state index contributed by atoms with van der Waals surface area (Å²) in [6, 6.07) is 6.36. The van der Waals surface area contributed by atoms with Gasteiger partial charge in [0.1, 0.15) is 5.60 Å². The fourth-order valence-corrected chi connectivity index (χ4v) is 3.24. The first-order valence-electron chi connectivity index (χ1n) is 6.99. The second kappa shape index (κ2) is 6.03. The highest BCUT2D eigenvalue weighted by Gasteiger charge is 2.41. The number of sulfonamides is 1. The molecule has 1 aliphatic carbocycles. The summed E-state index contributed by atoms with van der Waals surface area (Å²) in [6.07, 6.45) is 2.35. The van der Waals surface area contributed by atoms with Crippen LogP contribution < -0.4 is 10.0 Å². The average Bonchev–Trinajstić information content (AvgIpc) is 2.37. The zero-order valence-electron chi connectivity index (χ0n) is 11.9. The van der Waals surface area contributed by atoms with Gasteiger partial charge in [-0.05, 0) is 49.9 Å². The van der Waals surface area contributed by atoms with Gasteiger partial charge in [-0.2, -0.15) is 0 Å². The maximum atomic E-state index is 11.8. The number of amides is 1. The molecule has 21 heavy (non-hydrogen) atoms. The lowest BCUT2D eigenvalue weighted by Crippen LogP contribution is -2.48. The Balaban J connectivity index is 1.97. The van der Waals surface area contributed by atoms with Crippen LogP contribution in [0.15, 0.2) is 24.3 Å². The van der Waals surface area contributed by atoms with Gasteiger partial charge >= 0.3 is 0 Å². The van der Waals surface area contributed by atoms with Crippen molar-refractivity contribution in [1.29, 1.82) is 0 Å². The molecule has 1 aromatic carbocycles. The second-order valence-corrected chi connectivity index (χ2v) is 7.18. The minimum atomic E-state index is -3.32. The summed E-state index contributed by atoms with van der Waals surface area (Å²) in [6.45, 7) is 1.79. The monoisotopic (exact) mass is 312 g/mol. The van der Waals surface area contributed by atoms with Crippen LogP contribution in [0.25, 0.3) is 0 Å². The second-order valence-electron chi connectivity index (χ2n) is 5.34. The van der Waals surface area contributed by atoms with E-state index >= 15 is 0 Å². The number of hydrogen-bond acceptors (Lipinski definition) is 4. The van der Waals surface area contributed by atoms with Gasteiger partial charge in [0.15, 0.2) is 0 Å². The topological polar surface area (TPSA) is 95.5 Å². The normalized spacial score (nSPS) is 16.9. The van der Waals surface area contributed by atoms with Crippen molar-refractivity contribution in [2.45, 2.75) is 38.2 Å². The van der Waals surface area contributed by atoms with Crippen LogP contribution in [0, 0.1) is 0 Å². The number of nitrogens with one attached hydrogen (secondary N) is 2. The zero-order chi connectivity index (χ0) is 15.5. The molecular weight excluding hydrogens is 292 g/mol. The van der Waals surface area contributed by atoms with Gasteiger partial charge in [0.2, 0.25) is 10.0 Å². The molecule has 0 aliphatic heterocycles. The van der Waals surface area contributed by atoms with Crippen molar-refractivity contribution in [3.05, 3.63) is 24.3 Å². The summed E-state index contributed by atoms with van der Waals surface area (Å²) in [5.74, 6) is -0.341. The molecule has 2 rings (SSSR count). The summed E-state index contributed by atoms with van der Waals surface area (Å²) < 4.78 is 25.7. The number of benzene rings is 1. The van der Waals surface area contributed by atoms with Crippen LogP contribution in [-0.4, -0.2) is 30.8 Å². The Morgan fingerprint density at radius 1 is 1.24 bits per heavy atom. The average molecular weight is 312 g/mol.